The summed E-state index contributed by atoms with van der Waals surface area (Å²) < 4.78 is 0. The van der Waals surface area contributed by atoms with Gasteiger partial charge in [-0.15, -0.1) is 0 Å². The molecule has 0 spiro atoms. The molecule has 5 rings (SSSR count). The smallest absolute Gasteiger partial charge is 0.320 e. The van der Waals surface area contributed by atoms with Crippen molar-refractivity contribution in [3.05, 3.63) is 84.1 Å². The number of nitrogens with zero attached hydrogens (tertiary/aromatic N) is 2. The van der Waals surface area contributed by atoms with Gasteiger partial charge in [0.15, 0.2) is 0 Å². The highest BCUT2D eigenvalue weighted by Gasteiger charge is 2.36. The van der Waals surface area contributed by atoms with Crippen molar-refractivity contribution < 1.29 is 9.59 Å². The molecular weight excluding hydrogens is 438 g/mol. The number of hydrogen-bond donors (Lipinski definition) is 3. The third kappa shape index (κ3) is 4.86. The molecule has 3 amide bonds. The van der Waals surface area contributed by atoms with E-state index >= 15 is 0 Å². The molecule has 1 saturated heterocycles. The summed E-state index contributed by atoms with van der Waals surface area (Å²) in [7, 11) is 0. The molecule has 1 atom stereocenters. The molecule has 1 aliphatic heterocycles. The second-order valence-corrected chi connectivity index (χ2v) is 9.05. The van der Waals surface area contributed by atoms with Crippen molar-refractivity contribution in [2.24, 2.45) is 5.73 Å². The van der Waals surface area contributed by atoms with Crippen molar-refractivity contribution in [1.29, 1.82) is 0 Å². The Bertz CT molecular complexity index is 1350. The molecule has 1 unspecified atom stereocenters. The standard InChI is InChI=1S/C28H31N5O2/c29-12-14-32-15-16-33(28(32)35)26(18-20-9-10-21-5-1-2-6-22(21)17-20)27(34)30-13-11-23-19-31-25-8-4-3-7-24(23)25/h1-10,17,19,26,31H,11-16,18,29H2,(H,30,34). The van der Waals surface area contributed by atoms with Crippen LogP contribution in [0, 0.1) is 0 Å². The largest absolute Gasteiger partial charge is 0.361 e. The van der Waals surface area contributed by atoms with Crippen LogP contribution in [-0.4, -0.2) is 65.5 Å². The fourth-order valence-electron chi connectivity index (χ4n) is 4.96. The van der Waals surface area contributed by atoms with E-state index in [9.17, 15) is 9.59 Å². The van der Waals surface area contributed by atoms with E-state index in [-0.39, 0.29) is 11.9 Å². The first-order chi connectivity index (χ1) is 17.1. The van der Waals surface area contributed by atoms with Gasteiger partial charge in [0.25, 0.3) is 0 Å². The van der Waals surface area contributed by atoms with E-state index in [1.54, 1.807) is 9.80 Å². The predicted molar refractivity (Wildman–Crippen MR) is 139 cm³/mol. The van der Waals surface area contributed by atoms with Crippen LogP contribution in [0.3, 0.4) is 0 Å². The van der Waals surface area contributed by atoms with Gasteiger partial charge in [0.2, 0.25) is 5.91 Å². The SMILES string of the molecule is NCCN1CCN(C(Cc2ccc3ccccc3c2)C(=O)NCCc2c[nH]c3ccccc23)C1=O. The number of rotatable bonds is 9. The van der Waals surface area contributed by atoms with Crippen LogP contribution in [0.15, 0.2) is 72.9 Å². The molecule has 35 heavy (non-hydrogen) atoms. The van der Waals surface area contributed by atoms with Gasteiger partial charge in [0.05, 0.1) is 0 Å². The van der Waals surface area contributed by atoms with Crippen LogP contribution in [0.5, 0.6) is 0 Å². The summed E-state index contributed by atoms with van der Waals surface area (Å²) >= 11 is 0. The van der Waals surface area contributed by atoms with E-state index in [0.29, 0.717) is 45.6 Å². The number of carbonyl (C=O) groups excluding carboxylic acids is 2. The van der Waals surface area contributed by atoms with Crippen molar-refractivity contribution in [2.45, 2.75) is 18.9 Å². The van der Waals surface area contributed by atoms with Crippen LogP contribution in [0.25, 0.3) is 21.7 Å². The first kappa shape index (κ1) is 22.9. The molecule has 4 aromatic rings. The zero-order chi connectivity index (χ0) is 24.2. The summed E-state index contributed by atoms with van der Waals surface area (Å²) in [6.45, 7) is 2.52. The van der Waals surface area contributed by atoms with Crippen LogP contribution >= 0.6 is 0 Å². The topological polar surface area (TPSA) is 94.5 Å². The van der Waals surface area contributed by atoms with Crippen LogP contribution < -0.4 is 11.1 Å². The molecule has 0 aliphatic carbocycles. The first-order valence-corrected chi connectivity index (χ1v) is 12.2. The normalized spacial score (nSPS) is 14.7. The lowest BCUT2D eigenvalue weighted by Gasteiger charge is -2.27. The molecule has 2 heterocycles. The molecule has 180 valence electrons. The lowest BCUT2D eigenvalue weighted by molar-refractivity contribution is -0.125. The fraction of sp³-hybridized carbons (Fsp3) is 0.286. The van der Waals surface area contributed by atoms with Gasteiger partial charge >= 0.3 is 6.03 Å². The van der Waals surface area contributed by atoms with E-state index in [0.717, 1.165) is 21.9 Å². The molecule has 0 radical (unpaired) electrons. The maximum atomic E-state index is 13.4. The number of H-pyrrole nitrogens is 1. The number of carbonyl (C=O) groups is 2. The molecule has 1 aliphatic rings. The number of nitrogens with one attached hydrogen (secondary N) is 2. The number of fused-ring (bicyclic) bond motifs is 2. The van der Waals surface area contributed by atoms with Gasteiger partial charge in [-0.25, -0.2) is 4.79 Å². The molecule has 3 aromatic carbocycles. The minimum absolute atomic E-state index is 0.118. The second-order valence-electron chi connectivity index (χ2n) is 9.05. The van der Waals surface area contributed by atoms with Crippen molar-refractivity contribution in [3.63, 3.8) is 0 Å². The van der Waals surface area contributed by atoms with Crippen LogP contribution in [0.1, 0.15) is 11.1 Å². The molecule has 1 aromatic heterocycles. The Morgan fingerprint density at radius 1 is 1.03 bits per heavy atom. The number of benzene rings is 3. The Balaban J connectivity index is 1.32. The number of aromatic nitrogens is 1. The lowest BCUT2D eigenvalue weighted by atomic mass is 10.00. The van der Waals surface area contributed by atoms with E-state index in [1.165, 1.54) is 10.9 Å². The third-order valence-corrected chi connectivity index (χ3v) is 6.82. The highest BCUT2D eigenvalue weighted by molar-refractivity contribution is 5.89. The van der Waals surface area contributed by atoms with Crippen LogP contribution in [0.2, 0.25) is 0 Å². The average molecular weight is 470 g/mol. The predicted octanol–water partition coefficient (Wildman–Crippen LogP) is 3.29. The number of nitrogens with two attached hydrogens (primary N) is 1. The molecule has 4 N–H and O–H groups in total. The van der Waals surface area contributed by atoms with Gasteiger partial charge in [-0.3, -0.25) is 4.79 Å². The Morgan fingerprint density at radius 3 is 2.69 bits per heavy atom. The second kappa shape index (κ2) is 10.2. The van der Waals surface area contributed by atoms with Gasteiger partial charge in [-0.2, -0.15) is 0 Å². The molecule has 1 fully saturated rings. The van der Waals surface area contributed by atoms with Gasteiger partial charge in [-0.05, 0) is 34.4 Å². The minimum Gasteiger partial charge on any atom is -0.361 e. The van der Waals surface area contributed by atoms with E-state index < -0.39 is 6.04 Å². The Morgan fingerprint density at radius 2 is 1.83 bits per heavy atom. The molecule has 7 nitrogen and oxygen atoms in total. The maximum absolute atomic E-state index is 13.4. The summed E-state index contributed by atoms with van der Waals surface area (Å²) in [5.41, 5.74) is 8.97. The fourth-order valence-corrected chi connectivity index (χ4v) is 4.96. The lowest BCUT2D eigenvalue weighted by Crippen LogP contribution is -2.50. The Labute approximate surface area is 204 Å². The molecule has 0 saturated carbocycles. The van der Waals surface area contributed by atoms with E-state index in [2.05, 4.69) is 40.6 Å². The zero-order valence-corrected chi connectivity index (χ0v) is 19.7. The highest BCUT2D eigenvalue weighted by Crippen LogP contribution is 2.21. The zero-order valence-electron chi connectivity index (χ0n) is 19.7. The summed E-state index contributed by atoms with van der Waals surface area (Å²) in [5, 5.41) is 6.55. The van der Waals surface area contributed by atoms with Crippen molar-refractivity contribution >= 4 is 33.6 Å². The average Bonchev–Trinajstić information content (AvgIpc) is 3.46. The number of amides is 3. The number of aromatic amines is 1. The highest BCUT2D eigenvalue weighted by atomic mass is 16.2. The summed E-state index contributed by atoms with van der Waals surface area (Å²) in [6.07, 6.45) is 3.18. The van der Waals surface area contributed by atoms with Gasteiger partial charge in [-0.1, -0.05) is 60.7 Å². The summed E-state index contributed by atoms with van der Waals surface area (Å²) in [6, 6.07) is 21.9. The van der Waals surface area contributed by atoms with E-state index in [4.69, 9.17) is 5.73 Å². The number of hydrogen-bond acceptors (Lipinski definition) is 3. The summed E-state index contributed by atoms with van der Waals surface area (Å²) in [5.74, 6) is -0.124. The molecule has 7 heteroatoms. The third-order valence-electron chi connectivity index (χ3n) is 6.82. The Kier molecular flexibility index (Phi) is 6.68. The van der Waals surface area contributed by atoms with Gasteiger partial charge in [0.1, 0.15) is 6.04 Å². The number of urea groups is 1. The van der Waals surface area contributed by atoms with Crippen molar-refractivity contribution in [2.75, 3.05) is 32.7 Å². The van der Waals surface area contributed by atoms with Crippen LogP contribution in [-0.2, 0) is 17.6 Å². The maximum Gasteiger partial charge on any atom is 0.320 e. The van der Waals surface area contributed by atoms with Gasteiger partial charge < -0.3 is 25.8 Å². The van der Waals surface area contributed by atoms with Crippen LogP contribution in [0.4, 0.5) is 4.79 Å². The Hall–Kier alpha value is -3.84. The van der Waals surface area contributed by atoms with Gasteiger partial charge in [0, 0.05) is 56.2 Å². The van der Waals surface area contributed by atoms with Crippen molar-refractivity contribution in [1.82, 2.24) is 20.1 Å². The monoisotopic (exact) mass is 469 g/mol. The molecular formula is C28H31N5O2. The first-order valence-electron chi connectivity index (χ1n) is 12.2. The summed E-state index contributed by atoms with van der Waals surface area (Å²) in [4.78, 5) is 33.2. The van der Waals surface area contributed by atoms with Crippen molar-refractivity contribution in [3.8, 4) is 0 Å². The molecule has 0 bridgehead atoms. The minimum atomic E-state index is -0.575. The number of para-hydroxylation sites is 1. The van der Waals surface area contributed by atoms with E-state index in [1.807, 2.05) is 42.6 Å². The quantitative estimate of drug-likeness (QED) is 0.351.